The second-order valence-electron chi connectivity index (χ2n) is 8.57. The summed E-state index contributed by atoms with van der Waals surface area (Å²) >= 11 is 0. The molecular formula is C26H27FN4O6. The van der Waals surface area contributed by atoms with Gasteiger partial charge < -0.3 is 14.4 Å². The Kier molecular flexibility index (Phi) is 7.80. The number of hydrogen-bond donors (Lipinski definition) is 0. The largest absolute Gasteiger partial charge is 0.497 e. The molecule has 194 valence electrons. The number of carbonyl (C=O) groups is 2. The first-order valence-electron chi connectivity index (χ1n) is 11.9. The Morgan fingerprint density at radius 2 is 1.84 bits per heavy atom. The van der Waals surface area contributed by atoms with Crippen LogP contribution >= 0.6 is 0 Å². The summed E-state index contributed by atoms with van der Waals surface area (Å²) in [6.45, 7) is 1.90. The molecule has 1 saturated heterocycles. The fraction of sp³-hybridized carbons (Fsp3) is 0.346. The topological polar surface area (TPSA) is 113 Å². The van der Waals surface area contributed by atoms with Gasteiger partial charge in [-0.15, -0.1) is 0 Å². The van der Waals surface area contributed by atoms with Crippen molar-refractivity contribution >= 4 is 11.9 Å². The van der Waals surface area contributed by atoms with Crippen LogP contribution in [0.3, 0.4) is 0 Å². The molecule has 0 radical (unpaired) electrons. The molecule has 0 aliphatic carbocycles. The van der Waals surface area contributed by atoms with Crippen molar-refractivity contribution in [3.63, 3.8) is 0 Å². The minimum Gasteiger partial charge on any atom is -0.497 e. The van der Waals surface area contributed by atoms with E-state index in [1.807, 2.05) is 0 Å². The summed E-state index contributed by atoms with van der Waals surface area (Å²) in [6.07, 6.45) is 1.09. The Balaban J connectivity index is 1.79. The van der Waals surface area contributed by atoms with Crippen LogP contribution in [0.15, 0.2) is 58.1 Å². The van der Waals surface area contributed by atoms with E-state index in [4.69, 9.17) is 9.47 Å². The van der Waals surface area contributed by atoms with Crippen molar-refractivity contribution in [1.82, 2.24) is 19.2 Å². The van der Waals surface area contributed by atoms with Gasteiger partial charge in [0.15, 0.2) is 0 Å². The molecule has 2 aromatic carbocycles. The van der Waals surface area contributed by atoms with Crippen LogP contribution in [0.1, 0.15) is 35.8 Å². The molecule has 1 atom stereocenters. The first kappa shape index (κ1) is 25.8. The van der Waals surface area contributed by atoms with Crippen molar-refractivity contribution in [1.29, 1.82) is 0 Å². The number of esters is 1. The van der Waals surface area contributed by atoms with Crippen LogP contribution in [0, 0.1) is 11.7 Å². The van der Waals surface area contributed by atoms with Gasteiger partial charge in [-0.2, -0.15) is 9.78 Å². The number of piperidine rings is 1. The highest BCUT2D eigenvalue weighted by Gasteiger charge is 2.32. The minimum atomic E-state index is -0.943. The van der Waals surface area contributed by atoms with E-state index in [0.29, 0.717) is 25.1 Å². The van der Waals surface area contributed by atoms with E-state index in [1.54, 1.807) is 37.3 Å². The standard InChI is InChI=1S/C26H27FN4O6/c1-3-37-25(34)18-8-6-14-29(15-18)23(32)22-24(33)30(16-17-7-4-5-9-21(17)27)26(35)31(28-22)19-10-12-20(36-2)13-11-19/h4-5,7,9-13,18H,3,6,8,14-16H2,1-2H3. The third-order valence-electron chi connectivity index (χ3n) is 6.19. The summed E-state index contributed by atoms with van der Waals surface area (Å²) in [5.41, 5.74) is -1.89. The Morgan fingerprint density at radius 3 is 2.51 bits per heavy atom. The summed E-state index contributed by atoms with van der Waals surface area (Å²) in [4.78, 5) is 53.9. The third kappa shape index (κ3) is 5.45. The maximum atomic E-state index is 14.4. The van der Waals surface area contributed by atoms with Crippen LogP contribution in [0.2, 0.25) is 0 Å². The number of aromatic nitrogens is 3. The summed E-state index contributed by atoms with van der Waals surface area (Å²) in [7, 11) is 1.49. The Hall–Kier alpha value is -4.28. The van der Waals surface area contributed by atoms with Gasteiger partial charge in [0.1, 0.15) is 11.6 Å². The normalized spacial score (nSPS) is 15.3. The minimum absolute atomic E-state index is 0.0633. The number of hydrogen-bond acceptors (Lipinski definition) is 7. The molecule has 10 nitrogen and oxygen atoms in total. The van der Waals surface area contributed by atoms with E-state index in [0.717, 1.165) is 9.25 Å². The molecule has 1 fully saturated rings. The van der Waals surface area contributed by atoms with Crippen LogP contribution in [-0.2, 0) is 16.1 Å². The fourth-order valence-electron chi connectivity index (χ4n) is 4.24. The Bertz CT molecular complexity index is 1420. The molecule has 0 N–H and O–H groups in total. The number of likely N-dealkylation sites (tertiary alicyclic amines) is 1. The highest BCUT2D eigenvalue weighted by molar-refractivity contribution is 5.92. The van der Waals surface area contributed by atoms with Crippen molar-refractivity contribution in [2.45, 2.75) is 26.3 Å². The van der Waals surface area contributed by atoms with Gasteiger partial charge in [-0.3, -0.25) is 19.0 Å². The van der Waals surface area contributed by atoms with Gasteiger partial charge in [0.2, 0.25) is 5.69 Å². The molecule has 4 rings (SSSR count). The molecule has 2 heterocycles. The summed E-state index contributed by atoms with van der Waals surface area (Å²) in [5.74, 6) is -1.71. The highest BCUT2D eigenvalue weighted by atomic mass is 19.1. The predicted molar refractivity (Wildman–Crippen MR) is 131 cm³/mol. The van der Waals surface area contributed by atoms with Crippen molar-refractivity contribution < 1.29 is 23.5 Å². The lowest BCUT2D eigenvalue weighted by molar-refractivity contribution is -0.149. The van der Waals surface area contributed by atoms with E-state index in [2.05, 4.69) is 5.10 Å². The van der Waals surface area contributed by atoms with E-state index >= 15 is 0 Å². The van der Waals surface area contributed by atoms with E-state index in [1.165, 1.54) is 30.2 Å². The molecule has 0 spiro atoms. The Labute approximate surface area is 211 Å². The number of halogens is 1. The number of rotatable bonds is 7. The maximum Gasteiger partial charge on any atom is 0.352 e. The van der Waals surface area contributed by atoms with Crippen LogP contribution in [-0.4, -0.2) is 57.9 Å². The van der Waals surface area contributed by atoms with Crippen LogP contribution in [0.5, 0.6) is 5.75 Å². The van der Waals surface area contributed by atoms with E-state index < -0.39 is 47.1 Å². The SMILES string of the molecule is CCOC(=O)C1CCCN(C(=O)c2nn(-c3ccc(OC)cc3)c(=O)n(Cc3ccccc3F)c2=O)C1. The molecule has 1 unspecified atom stereocenters. The van der Waals surface area contributed by atoms with Gasteiger partial charge in [0.25, 0.3) is 11.5 Å². The van der Waals surface area contributed by atoms with Crippen LogP contribution < -0.4 is 16.0 Å². The summed E-state index contributed by atoms with van der Waals surface area (Å²) < 4.78 is 26.4. The molecule has 3 aromatic rings. The monoisotopic (exact) mass is 510 g/mol. The first-order valence-corrected chi connectivity index (χ1v) is 11.9. The average Bonchev–Trinajstić information content (AvgIpc) is 2.92. The molecular weight excluding hydrogens is 483 g/mol. The van der Waals surface area contributed by atoms with Gasteiger partial charge in [-0.1, -0.05) is 18.2 Å². The fourth-order valence-corrected chi connectivity index (χ4v) is 4.24. The average molecular weight is 511 g/mol. The molecule has 1 aliphatic heterocycles. The number of nitrogens with zero attached hydrogens (tertiary/aromatic N) is 4. The molecule has 37 heavy (non-hydrogen) atoms. The molecule has 1 amide bonds. The third-order valence-corrected chi connectivity index (χ3v) is 6.19. The molecule has 1 aliphatic rings. The zero-order valence-electron chi connectivity index (χ0n) is 20.6. The van der Waals surface area contributed by atoms with Crippen molar-refractivity contribution in [2.75, 3.05) is 26.8 Å². The van der Waals surface area contributed by atoms with Gasteiger partial charge >= 0.3 is 11.7 Å². The molecule has 1 aromatic heterocycles. The van der Waals surface area contributed by atoms with Gasteiger partial charge in [0, 0.05) is 18.7 Å². The number of benzene rings is 2. The van der Waals surface area contributed by atoms with Crippen molar-refractivity contribution in [3.05, 3.63) is 86.4 Å². The van der Waals surface area contributed by atoms with E-state index in [-0.39, 0.29) is 24.4 Å². The molecule has 0 saturated carbocycles. The Morgan fingerprint density at radius 1 is 1.11 bits per heavy atom. The lowest BCUT2D eigenvalue weighted by Crippen LogP contribution is -2.49. The van der Waals surface area contributed by atoms with E-state index in [9.17, 15) is 23.6 Å². The first-order chi connectivity index (χ1) is 17.8. The maximum absolute atomic E-state index is 14.4. The number of carbonyl (C=O) groups excluding carboxylic acids is 2. The lowest BCUT2D eigenvalue weighted by atomic mass is 9.98. The van der Waals surface area contributed by atoms with Crippen LogP contribution in [0.4, 0.5) is 4.39 Å². The van der Waals surface area contributed by atoms with Gasteiger partial charge in [0.05, 0.1) is 31.9 Å². The number of amides is 1. The zero-order chi connectivity index (χ0) is 26.5. The molecule has 0 bridgehead atoms. The number of methoxy groups -OCH3 is 1. The summed E-state index contributed by atoms with van der Waals surface area (Å²) in [5, 5.41) is 4.13. The smallest absolute Gasteiger partial charge is 0.352 e. The second-order valence-corrected chi connectivity index (χ2v) is 8.57. The molecule has 11 heteroatoms. The predicted octanol–water partition coefficient (Wildman–Crippen LogP) is 2.01. The highest BCUT2D eigenvalue weighted by Crippen LogP contribution is 2.19. The number of ether oxygens (including phenoxy) is 2. The van der Waals surface area contributed by atoms with Gasteiger partial charge in [-0.05, 0) is 50.1 Å². The van der Waals surface area contributed by atoms with Crippen molar-refractivity contribution in [2.24, 2.45) is 5.92 Å². The zero-order valence-corrected chi connectivity index (χ0v) is 20.6. The van der Waals surface area contributed by atoms with Crippen molar-refractivity contribution in [3.8, 4) is 11.4 Å². The summed E-state index contributed by atoms with van der Waals surface area (Å²) in [6, 6.07) is 12.1. The van der Waals surface area contributed by atoms with Gasteiger partial charge in [-0.25, -0.2) is 9.18 Å². The quantitative estimate of drug-likeness (QED) is 0.447. The van der Waals surface area contributed by atoms with Crippen LogP contribution in [0.25, 0.3) is 5.69 Å². The second kappa shape index (κ2) is 11.2. The lowest BCUT2D eigenvalue weighted by Gasteiger charge is -2.31.